The Morgan fingerprint density at radius 2 is 1.59 bits per heavy atom. The molecule has 0 aliphatic carbocycles. The molecule has 1 heterocycles. The summed E-state index contributed by atoms with van der Waals surface area (Å²) in [6.07, 6.45) is -0.172. The first kappa shape index (κ1) is 15.9. The second-order valence-corrected chi connectivity index (χ2v) is 5.24. The standard InChI is InChI=1S/C14H15F2N3O3/c15-10-2-1-7(3-11(10)16)4-12(20)19-5-8(13(17)21)9(6-19)14(18)22/h1-3,8-9H,4-6H2,(H2,17,21)(H2,18,22). The second kappa shape index (κ2) is 6.08. The lowest BCUT2D eigenvalue weighted by molar-refractivity contribution is -0.129. The fraction of sp³-hybridized carbons (Fsp3) is 0.357. The summed E-state index contributed by atoms with van der Waals surface area (Å²) in [5.41, 5.74) is 10.7. The molecule has 0 saturated carbocycles. The number of rotatable bonds is 4. The van der Waals surface area contributed by atoms with Gasteiger partial charge in [0.05, 0.1) is 18.3 Å². The molecule has 2 atom stereocenters. The van der Waals surface area contributed by atoms with E-state index in [1.54, 1.807) is 0 Å². The van der Waals surface area contributed by atoms with Crippen LogP contribution in [0.5, 0.6) is 0 Å². The van der Waals surface area contributed by atoms with E-state index in [0.29, 0.717) is 5.56 Å². The fourth-order valence-corrected chi connectivity index (χ4v) is 2.52. The molecule has 6 nitrogen and oxygen atoms in total. The molecule has 1 aliphatic rings. The molecular weight excluding hydrogens is 296 g/mol. The van der Waals surface area contributed by atoms with Gasteiger partial charge in [-0.15, -0.1) is 0 Å². The van der Waals surface area contributed by atoms with Crippen molar-refractivity contribution in [2.75, 3.05) is 13.1 Å². The van der Waals surface area contributed by atoms with Crippen molar-refractivity contribution in [1.82, 2.24) is 4.90 Å². The van der Waals surface area contributed by atoms with Crippen LogP contribution in [0.4, 0.5) is 8.78 Å². The van der Waals surface area contributed by atoms with Crippen molar-refractivity contribution in [3.05, 3.63) is 35.4 Å². The van der Waals surface area contributed by atoms with Crippen LogP contribution < -0.4 is 11.5 Å². The number of benzene rings is 1. The maximum Gasteiger partial charge on any atom is 0.227 e. The first-order valence-electron chi connectivity index (χ1n) is 6.60. The van der Waals surface area contributed by atoms with Gasteiger partial charge in [0.15, 0.2) is 11.6 Å². The van der Waals surface area contributed by atoms with Crippen molar-refractivity contribution in [1.29, 1.82) is 0 Å². The zero-order valence-corrected chi connectivity index (χ0v) is 11.6. The zero-order chi connectivity index (χ0) is 16.4. The molecular formula is C14H15F2N3O3. The number of likely N-dealkylation sites (tertiary alicyclic amines) is 1. The Balaban J connectivity index is 2.08. The van der Waals surface area contributed by atoms with Gasteiger partial charge in [0.1, 0.15) is 0 Å². The van der Waals surface area contributed by atoms with Gasteiger partial charge in [-0.1, -0.05) is 6.07 Å². The van der Waals surface area contributed by atoms with E-state index in [0.717, 1.165) is 12.1 Å². The lowest BCUT2D eigenvalue weighted by Gasteiger charge is -2.16. The molecule has 1 aromatic carbocycles. The van der Waals surface area contributed by atoms with Gasteiger partial charge < -0.3 is 16.4 Å². The number of primary amides is 2. The molecule has 1 aromatic rings. The van der Waals surface area contributed by atoms with E-state index in [9.17, 15) is 23.2 Å². The van der Waals surface area contributed by atoms with E-state index in [2.05, 4.69) is 0 Å². The highest BCUT2D eigenvalue weighted by Gasteiger charge is 2.41. The predicted molar refractivity (Wildman–Crippen MR) is 72.0 cm³/mol. The molecule has 22 heavy (non-hydrogen) atoms. The minimum Gasteiger partial charge on any atom is -0.369 e. The Bertz CT molecular complexity index is 614. The van der Waals surface area contributed by atoms with Crippen molar-refractivity contribution in [3.8, 4) is 0 Å². The Labute approximate surface area is 125 Å². The van der Waals surface area contributed by atoms with Crippen LogP contribution in [0.25, 0.3) is 0 Å². The third kappa shape index (κ3) is 3.21. The molecule has 4 N–H and O–H groups in total. The van der Waals surface area contributed by atoms with Crippen molar-refractivity contribution in [3.63, 3.8) is 0 Å². The first-order chi connectivity index (χ1) is 10.3. The molecule has 1 saturated heterocycles. The highest BCUT2D eigenvalue weighted by atomic mass is 19.2. The normalized spacial score (nSPS) is 20.9. The van der Waals surface area contributed by atoms with Crippen molar-refractivity contribution in [2.45, 2.75) is 6.42 Å². The maximum absolute atomic E-state index is 13.1. The Hall–Kier alpha value is -2.51. The van der Waals surface area contributed by atoms with Gasteiger partial charge in [0.2, 0.25) is 17.7 Å². The molecule has 0 radical (unpaired) electrons. The summed E-state index contributed by atoms with van der Waals surface area (Å²) in [5.74, 6) is -5.52. The maximum atomic E-state index is 13.1. The molecule has 0 aromatic heterocycles. The number of hydrogen-bond donors (Lipinski definition) is 2. The van der Waals surface area contributed by atoms with Crippen LogP contribution in [0.3, 0.4) is 0 Å². The highest BCUT2D eigenvalue weighted by Crippen LogP contribution is 2.24. The van der Waals surface area contributed by atoms with Crippen LogP contribution in [0.15, 0.2) is 18.2 Å². The summed E-state index contributed by atoms with van der Waals surface area (Å²) in [4.78, 5) is 36.1. The van der Waals surface area contributed by atoms with Gasteiger partial charge in [-0.2, -0.15) is 0 Å². The van der Waals surface area contributed by atoms with Gasteiger partial charge >= 0.3 is 0 Å². The molecule has 8 heteroatoms. The van der Waals surface area contributed by atoms with Crippen LogP contribution >= 0.6 is 0 Å². The van der Waals surface area contributed by atoms with E-state index in [-0.39, 0.29) is 19.5 Å². The molecule has 3 amide bonds. The number of nitrogens with zero attached hydrogens (tertiary/aromatic N) is 1. The molecule has 0 bridgehead atoms. The summed E-state index contributed by atoms with van der Waals surface area (Å²) >= 11 is 0. The number of nitrogens with two attached hydrogens (primary N) is 2. The number of carbonyl (C=O) groups excluding carboxylic acids is 3. The largest absolute Gasteiger partial charge is 0.369 e. The fourth-order valence-electron chi connectivity index (χ4n) is 2.52. The average Bonchev–Trinajstić information content (AvgIpc) is 2.88. The Morgan fingerprint density at radius 3 is 2.05 bits per heavy atom. The summed E-state index contributed by atoms with van der Waals surface area (Å²) in [6.45, 7) is -0.0170. The minimum absolute atomic E-state index is 0.00848. The first-order valence-corrected chi connectivity index (χ1v) is 6.60. The summed E-state index contributed by atoms with van der Waals surface area (Å²) in [5, 5.41) is 0. The van der Waals surface area contributed by atoms with E-state index < -0.39 is 41.2 Å². The topological polar surface area (TPSA) is 106 Å². The second-order valence-electron chi connectivity index (χ2n) is 5.24. The van der Waals surface area contributed by atoms with Crippen molar-refractivity contribution >= 4 is 17.7 Å². The van der Waals surface area contributed by atoms with Crippen LogP contribution in [0.2, 0.25) is 0 Å². The van der Waals surface area contributed by atoms with E-state index in [1.807, 2.05) is 0 Å². The number of carbonyl (C=O) groups is 3. The van der Waals surface area contributed by atoms with Gasteiger partial charge in [-0.05, 0) is 17.7 Å². The third-order valence-corrected chi connectivity index (χ3v) is 3.74. The van der Waals surface area contributed by atoms with Crippen LogP contribution in [-0.4, -0.2) is 35.7 Å². The van der Waals surface area contributed by atoms with Gasteiger partial charge in [-0.3, -0.25) is 14.4 Å². The molecule has 1 fully saturated rings. The SMILES string of the molecule is NC(=O)C1CN(C(=O)Cc2ccc(F)c(F)c2)CC1C(N)=O. The molecule has 2 rings (SSSR count). The quantitative estimate of drug-likeness (QED) is 0.786. The zero-order valence-electron chi connectivity index (χ0n) is 11.6. The minimum atomic E-state index is -1.04. The van der Waals surface area contributed by atoms with Crippen LogP contribution in [0.1, 0.15) is 5.56 Å². The summed E-state index contributed by atoms with van der Waals surface area (Å²) in [7, 11) is 0. The number of hydrogen-bond acceptors (Lipinski definition) is 3. The molecule has 1 aliphatic heterocycles. The highest BCUT2D eigenvalue weighted by molar-refractivity contribution is 5.89. The van der Waals surface area contributed by atoms with Gasteiger partial charge in [0, 0.05) is 13.1 Å². The van der Waals surface area contributed by atoms with Crippen LogP contribution in [-0.2, 0) is 20.8 Å². The Morgan fingerprint density at radius 1 is 1.05 bits per heavy atom. The summed E-state index contributed by atoms with van der Waals surface area (Å²) in [6, 6.07) is 3.16. The van der Waals surface area contributed by atoms with E-state index >= 15 is 0 Å². The third-order valence-electron chi connectivity index (χ3n) is 3.74. The molecule has 0 spiro atoms. The van der Waals surface area contributed by atoms with E-state index in [4.69, 9.17) is 11.5 Å². The number of halogens is 2. The summed E-state index contributed by atoms with van der Waals surface area (Å²) < 4.78 is 26.0. The van der Waals surface area contributed by atoms with Crippen LogP contribution in [0, 0.1) is 23.5 Å². The van der Waals surface area contributed by atoms with Crippen molar-refractivity contribution in [2.24, 2.45) is 23.3 Å². The monoisotopic (exact) mass is 311 g/mol. The average molecular weight is 311 g/mol. The smallest absolute Gasteiger partial charge is 0.227 e. The number of amides is 3. The van der Waals surface area contributed by atoms with Gasteiger partial charge in [0.25, 0.3) is 0 Å². The van der Waals surface area contributed by atoms with Crippen molar-refractivity contribution < 1.29 is 23.2 Å². The van der Waals surface area contributed by atoms with E-state index in [1.165, 1.54) is 11.0 Å². The lowest BCUT2D eigenvalue weighted by atomic mass is 9.95. The lowest BCUT2D eigenvalue weighted by Crippen LogP contribution is -2.36. The van der Waals surface area contributed by atoms with Gasteiger partial charge in [-0.25, -0.2) is 8.78 Å². The molecule has 2 unspecified atom stereocenters. The predicted octanol–water partition coefficient (Wildman–Crippen LogP) is -0.448. The Kier molecular flexibility index (Phi) is 4.39. The molecule has 118 valence electrons.